The van der Waals surface area contributed by atoms with Crippen molar-refractivity contribution in [2.45, 2.75) is 13.8 Å². The van der Waals surface area contributed by atoms with Gasteiger partial charge < -0.3 is 5.32 Å². The van der Waals surface area contributed by atoms with E-state index in [1.165, 1.54) is 0 Å². The summed E-state index contributed by atoms with van der Waals surface area (Å²) >= 11 is 12.0. The van der Waals surface area contributed by atoms with Crippen molar-refractivity contribution in [2.24, 2.45) is 0 Å². The van der Waals surface area contributed by atoms with E-state index in [4.69, 9.17) is 23.2 Å². The highest BCUT2D eigenvalue weighted by atomic mass is 35.5. The zero-order valence-corrected chi connectivity index (χ0v) is 14.6. The van der Waals surface area contributed by atoms with Crippen LogP contribution >= 0.6 is 23.2 Å². The van der Waals surface area contributed by atoms with Gasteiger partial charge in [-0.3, -0.25) is 9.59 Å². The highest BCUT2D eigenvalue weighted by molar-refractivity contribution is 6.53. The summed E-state index contributed by atoms with van der Waals surface area (Å²) in [5.41, 5.74) is 3.02. The van der Waals surface area contributed by atoms with Gasteiger partial charge in [-0.25, -0.2) is 4.90 Å². The first kappa shape index (κ1) is 16.6. The van der Waals surface area contributed by atoms with E-state index in [0.29, 0.717) is 22.0 Å². The molecule has 2 aromatic rings. The van der Waals surface area contributed by atoms with Crippen LogP contribution in [0.5, 0.6) is 0 Å². The summed E-state index contributed by atoms with van der Waals surface area (Å²) in [5, 5.41) is 3.34. The lowest BCUT2D eigenvalue weighted by molar-refractivity contribution is -0.120. The SMILES string of the molecule is Cc1ccc(NC2=C(Cl)C(=O)N(c3ccc(Cl)cc3C)C2=O)cc1. The van der Waals surface area contributed by atoms with Crippen LogP contribution in [-0.4, -0.2) is 11.8 Å². The minimum absolute atomic E-state index is 0.0693. The Kier molecular flexibility index (Phi) is 4.35. The fourth-order valence-corrected chi connectivity index (χ4v) is 2.92. The fourth-order valence-electron chi connectivity index (χ4n) is 2.48. The van der Waals surface area contributed by atoms with Gasteiger partial charge in [0.2, 0.25) is 0 Å². The van der Waals surface area contributed by atoms with Crippen molar-refractivity contribution in [1.29, 1.82) is 0 Å². The second kappa shape index (κ2) is 6.30. The summed E-state index contributed by atoms with van der Waals surface area (Å²) in [5.74, 6) is -1.04. The van der Waals surface area contributed by atoms with E-state index in [2.05, 4.69) is 5.32 Å². The van der Waals surface area contributed by atoms with E-state index < -0.39 is 11.8 Å². The van der Waals surface area contributed by atoms with Gasteiger partial charge >= 0.3 is 0 Å². The zero-order valence-electron chi connectivity index (χ0n) is 13.1. The van der Waals surface area contributed by atoms with E-state index in [1.54, 1.807) is 25.1 Å². The predicted molar refractivity (Wildman–Crippen MR) is 96.4 cm³/mol. The van der Waals surface area contributed by atoms with Crippen molar-refractivity contribution in [3.8, 4) is 0 Å². The van der Waals surface area contributed by atoms with Crippen LogP contribution in [0.15, 0.2) is 53.2 Å². The molecule has 1 aliphatic rings. The lowest BCUT2D eigenvalue weighted by Gasteiger charge is -2.17. The number of carbonyl (C=O) groups is 2. The number of imide groups is 1. The third kappa shape index (κ3) is 2.90. The second-order valence-electron chi connectivity index (χ2n) is 5.56. The van der Waals surface area contributed by atoms with Gasteiger partial charge in [-0.05, 0) is 49.7 Å². The predicted octanol–water partition coefficient (Wildman–Crippen LogP) is 4.39. The van der Waals surface area contributed by atoms with Crippen LogP contribution in [-0.2, 0) is 9.59 Å². The Hall–Kier alpha value is -2.30. The highest BCUT2D eigenvalue weighted by Gasteiger charge is 2.39. The summed E-state index contributed by atoms with van der Waals surface area (Å²) in [4.78, 5) is 26.2. The molecule has 1 N–H and O–H groups in total. The molecule has 0 aromatic heterocycles. The number of hydrogen-bond donors (Lipinski definition) is 1. The van der Waals surface area contributed by atoms with Gasteiger partial charge in [0.25, 0.3) is 11.8 Å². The molecule has 0 radical (unpaired) electrons. The van der Waals surface area contributed by atoms with Gasteiger partial charge in [-0.2, -0.15) is 0 Å². The van der Waals surface area contributed by atoms with Crippen LogP contribution < -0.4 is 10.2 Å². The lowest BCUT2D eigenvalue weighted by atomic mass is 10.2. The van der Waals surface area contributed by atoms with Crippen molar-refractivity contribution in [2.75, 3.05) is 10.2 Å². The number of amides is 2. The van der Waals surface area contributed by atoms with Gasteiger partial charge in [0.15, 0.2) is 0 Å². The van der Waals surface area contributed by atoms with Gasteiger partial charge in [-0.15, -0.1) is 0 Å². The third-order valence-corrected chi connectivity index (χ3v) is 4.33. The molecule has 0 unspecified atom stereocenters. The van der Waals surface area contributed by atoms with Gasteiger partial charge in [0.05, 0.1) is 5.69 Å². The Morgan fingerprint density at radius 1 is 0.917 bits per heavy atom. The highest BCUT2D eigenvalue weighted by Crippen LogP contribution is 2.32. The molecule has 0 saturated heterocycles. The minimum Gasteiger partial charge on any atom is -0.350 e. The second-order valence-corrected chi connectivity index (χ2v) is 6.37. The fraction of sp³-hybridized carbons (Fsp3) is 0.111. The summed E-state index contributed by atoms with van der Waals surface area (Å²) in [7, 11) is 0. The normalized spacial score (nSPS) is 14.6. The molecule has 0 bridgehead atoms. The maximum Gasteiger partial charge on any atom is 0.283 e. The van der Waals surface area contributed by atoms with E-state index in [0.717, 1.165) is 10.5 Å². The van der Waals surface area contributed by atoms with Crippen molar-refractivity contribution in [3.63, 3.8) is 0 Å². The Balaban J connectivity index is 1.94. The van der Waals surface area contributed by atoms with Crippen LogP contribution in [0.25, 0.3) is 0 Å². The van der Waals surface area contributed by atoms with Crippen molar-refractivity contribution in [3.05, 3.63) is 69.3 Å². The molecule has 0 aliphatic carbocycles. The molecule has 0 atom stereocenters. The number of halogens is 2. The topological polar surface area (TPSA) is 49.4 Å². The molecule has 1 heterocycles. The van der Waals surface area contributed by atoms with Crippen LogP contribution in [0, 0.1) is 13.8 Å². The maximum absolute atomic E-state index is 12.7. The molecule has 0 fully saturated rings. The van der Waals surface area contributed by atoms with Crippen LogP contribution in [0.4, 0.5) is 11.4 Å². The largest absolute Gasteiger partial charge is 0.350 e. The van der Waals surface area contributed by atoms with Crippen molar-refractivity contribution >= 4 is 46.4 Å². The van der Waals surface area contributed by atoms with Crippen molar-refractivity contribution in [1.82, 2.24) is 0 Å². The van der Waals surface area contributed by atoms with Gasteiger partial charge in [-0.1, -0.05) is 40.9 Å². The molecule has 0 saturated carbocycles. The molecule has 2 amide bonds. The summed E-state index contributed by atoms with van der Waals surface area (Å²) in [6, 6.07) is 12.4. The molecule has 24 heavy (non-hydrogen) atoms. The molecule has 4 nitrogen and oxygen atoms in total. The number of nitrogens with one attached hydrogen (secondary N) is 1. The summed E-state index contributed by atoms with van der Waals surface area (Å²) in [6.45, 7) is 3.74. The number of nitrogens with zero attached hydrogens (tertiary/aromatic N) is 1. The first-order valence-electron chi connectivity index (χ1n) is 7.27. The molecule has 0 spiro atoms. The number of rotatable bonds is 3. The Bertz CT molecular complexity index is 873. The first-order chi connectivity index (χ1) is 11.4. The molecule has 6 heteroatoms. The van der Waals surface area contributed by atoms with E-state index >= 15 is 0 Å². The minimum atomic E-state index is -0.554. The van der Waals surface area contributed by atoms with Crippen LogP contribution in [0.2, 0.25) is 5.02 Å². The lowest BCUT2D eigenvalue weighted by Crippen LogP contribution is -2.32. The average Bonchev–Trinajstić information content (AvgIpc) is 2.74. The molecule has 3 rings (SSSR count). The Morgan fingerprint density at radius 2 is 1.58 bits per heavy atom. The smallest absolute Gasteiger partial charge is 0.283 e. The van der Waals surface area contributed by atoms with E-state index in [1.807, 2.05) is 31.2 Å². The quantitative estimate of drug-likeness (QED) is 0.825. The Morgan fingerprint density at radius 3 is 2.21 bits per heavy atom. The number of hydrogen-bond acceptors (Lipinski definition) is 3. The number of benzene rings is 2. The molecular weight excluding hydrogens is 347 g/mol. The summed E-state index contributed by atoms with van der Waals surface area (Å²) in [6.07, 6.45) is 0. The molecule has 2 aromatic carbocycles. The van der Waals surface area contributed by atoms with Crippen LogP contribution in [0.1, 0.15) is 11.1 Å². The monoisotopic (exact) mass is 360 g/mol. The molecule has 1 aliphatic heterocycles. The van der Waals surface area contributed by atoms with Gasteiger partial charge in [0, 0.05) is 10.7 Å². The van der Waals surface area contributed by atoms with E-state index in [-0.39, 0.29) is 10.7 Å². The first-order valence-corrected chi connectivity index (χ1v) is 8.02. The number of aryl methyl sites for hydroxylation is 2. The van der Waals surface area contributed by atoms with Crippen molar-refractivity contribution < 1.29 is 9.59 Å². The summed E-state index contributed by atoms with van der Waals surface area (Å²) < 4.78 is 0. The zero-order chi connectivity index (χ0) is 17.4. The number of anilines is 2. The van der Waals surface area contributed by atoms with Crippen LogP contribution in [0.3, 0.4) is 0 Å². The average molecular weight is 361 g/mol. The molecule has 122 valence electrons. The maximum atomic E-state index is 12.7. The standard InChI is InChI=1S/C18H14Cl2N2O2/c1-10-3-6-13(7-4-10)21-16-15(20)17(23)22(18(16)24)14-8-5-12(19)9-11(14)2/h3-9,21H,1-2H3. The van der Waals surface area contributed by atoms with Gasteiger partial charge in [0.1, 0.15) is 10.7 Å². The number of carbonyl (C=O) groups excluding carboxylic acids is 2. The Labute approximate surface area is 149 Å². The molecular formula is C18H14Cl2N2O2. The third-order valence-electron chi connectivity index (χ3n) is 3.75. The van der Waals surface area contributed by atoms with E-state index in [9.17, 15) is 9.59 Å².